The van der Waals surface area contributed by atoms with E-state index >= 15 is 0 Å². The van der Waals surface area contributed by atoms with Crippen molar-refractivity contribution in [1.82, 2.24) is 15.5 Å². The van der Waals surface area contributed by atoms with Gasteiger partial charge in [0.25, 0.3) is 0 Å². The summed E-state index contributed by atoms with van der Waals surface area (Å²) in [5, 5.41) is 6.74. The molecule has 0 radical (unpaired) electrons. The summed E-state index contributed by atoms with van der Waals surface area (Å²) in [6, 6.07) is 0.279. The summed E-state index contributed by atoms with van der Waals surface area (Å²) < 4.78 is 41.1. The zero-order chi connectivity index (χ0) is 13.2. The molecule has 2 rings (SSSR count). The predicted molar refractivity (Wildman–Crippen MR) is 57.9 cm³/mol. The molecule has 1 N–H and O–H groups in total. The molecular weight excluding hydrogens is 247 g/mol. The molecule has 7 heteroatoms. The Morgan fingerprint density at radius 2 is 2.17 bits per heavy atom. The lowest BCUT2D eigenvalue weighted by atomic mass is 10.1. The van der Waals surface area contributed by atoms with Gasteiger partial charge in [0.05, 0.1) is 6.42 Å². The second-order valence-electron chi connectivity index (χ2n) is 4.66. The first-order valence-electron chi connectivity index (χ1n) is 6.03. The normalized spacial score (nSPS) is 18.0. The van der Waals surface area contributed by atoms with E-state index in [0.29, 0.717) is 18.2 Å². The van der Waals surface area contributed by atoms with Gasteiger partial charge in [0.2, 0.25) is 5.89 Å². The van der Waals surface area contributed by atoms with Crippen molar-refractivity contribution in [1.29, 1.82) is 0 Å². The Morgan fingerprint density at radius 1 is 1.44 bits per heavy atom. The van der Waals surface area contributed by atoms with Gasteiger partial charge in [-0.15, -0.1) is 0 Å². The molecule has 1 aliphatic carbocycles. The van der Waals surface area contributed by atoms with Crippen LogP contribution in [0.1, 0.15) is 31.0 Å². The molecule has 1 unspecified atom stereocenters. The molecule has 1 saturated carbocycles. The van der Waals surface area contributed by atoms with E-state index in [2.05, 4.69) is 15.5 Å². The van der Waals surface area contributed by atoms with Crippen LogP contribution in [0.2, 0.25) is 0 Å². The highest BCUT2D eigenvalue weighted by Crippen LogP contribution is 2.33. The van der Waals surface area contributed by atoms with E-state index in [0.717, 1.165) is 0 Å². The summed E-state index contributed by atoms with van der Waals surface area (Å²) in [5.41, 5.74) is 0. The number of aryl methyl sites for hydroxylation is 1. The SMILES string of the molecule is CNC(Cc1nc(CCC(F)(F)F)no1)C1CC1. The fourth-order valence-electron chi connectivity index (χ4n) is 1.92. The first-order valence-corrected chi connectivity index (χ1v) is 6.03. The van der Waals surface area contributed by atoms with Crippen molar-refractivity contribution in [2.24, 2.45) is 5.92 Å². The molecule has 1 aliphatic rings. The number of halogens is 3. The third kappa shape index (κ3) is 3.97. The second kappa shape index (κ2) is 5.26. The quantitative estimate of drug-likeness (QED) is 0.854. The maximum absolute atomic E-state index is 12.0. The molecule has 1 atom stereocenters. The average molecular weight is 263 g/mol. The molecule has 0 aliphatic heterocycles. The van der Waals surface area contributed by atoms with Gasteiger partial charge in [-0.25, -0.2) is 0 Å². The molecule has 0 amide bonds. The van der Waals surface area contributed by atoms with Crippen LogP contribution in [0.5, 0.6) is 0 Å². The van der Waals surface area contributed by atoms with Crippen molar-refractivity contribution < 1.29 is 17.7 Å². The fraction of sp³-hybridized carbons (Fsp3) is 0.818. The van der Waals surface area contributed by atoms with E-state index in [9.17, 15) is 13.2 Å². The van der Waals surface area contributed by atoms with Gasteiger partial charge in [0.15, 0.2) is 5.82 Å². The van der Waals surface area contributed by atoms with E-state index in [1.54, 1.807) is 0 Å². The molecule has 0 bridgehead atoms. The molecular formula is C11H16F3N3O. The van der Waals surface area contributed by atoms with Crippen molar-refractivity contribution in [2.75, 3.05) is 7.05 Å². The van der Waals surface area contributed by atoms with Gasteiger partial charge in [-0.1, -0.05) is 5.16 Å². The predicted octanol–water partition coefficient (Wildman–Crippen LogP) is 2.10. The van der Waals surface area contributed by atoms with Gasteiger partial charge >= 0.3 is 6.18 Å². The summed E-state index contributed by atoms with van der Waals surface area (Å²) in [4.78, 5) is 3.99. The van der Waals surface area contributed by atoms with Crippen molar-refractivity contribution in [3.05, 3.63) is 11.7 Å². The minimum atomic E-state index is -4.18. The number of hydrogen-bond acceptors (Lipinski definition) is 4. The summed E-state index contributed by atoms with van der Waals surface area (Å²) in [6.45, 7) is 0. The van der Waals surface area contributed by atoms with E-state index in [-0.39, 0.29) is 18.3 Å². The maximum atomic E-state index is 12.0. The first kappa shape index (κ1) is 13.3. The van der Waals surface area contributed by atoms with Crippen LogP contribution in [0.25, 0.3) is 0 Å². The van der Waals surface area contributed by atoms with Gasteiger partial charge < -0.3 is 9.84 Å². The van der Waals surface area contributed by atoms with Gasteiger partial charge in [-0.3, -0.25) is 0 Å². The fourth-order valence-corrected chi connectivity index (χ4v) is 1.92. The molecule has 102 valence electrons. The molecule has 1 fully saturated rings. The van der Waals surface area contributed by atoms with E-state index in [4.69, 9.17) is 4.52 Å². The number of rotatable bonds is 6. The van der Waals surface area contributed by atoms with Crippen molar-refractivity contribution in [2.45, 2.75) is 44.3 Å². The van der Waals surface area contributed by atoms with Crippen LogP contribution in [0, 0.1) is 5.92 Å². The van der Waals surface area contributed by atoms with Gasteiger partial charge in [0.1, 0.15) is 0 Å². The minimum Gasteiger partial charge on any atom is -0.339 e. The second-order valence-corrected chi connectivity index (χ2v) is 4.66. The third-order valence-corrected chi connectivity index (χ3v) is 3.10. The van der Waals surface area contributed by atoms with Gasteiger partial charge in [0, 0.05) is 18.9 Å². The lowest BCUT2D eigenvalue weighted by Gasteiger charge is -2.11. The summed E-state index contributed by atoms with van der Waals surface area (Å²) in [7, 11) is 1.86. The molecule has 0 saturated heterocycles. The van der Waals surface area contributed by atoms with Crippen LogP contribution < -0.4 is 5.32 Å². The molecule has 0 aromatic carbocycles. The Kier molecular flexibility index (Phi) is 3.89. The van der Waals surface area contributed by atoms with Crippen LogP contribution in [0.3, 0.4) is 0 Å². The number of nitrogens with zero attached hydrogens (tertiary/aromatic N) is 2. The van der Waals surface area contributed by atoms with Crippen molar-refractivity contribution >= 4 is 0 Å². The topological polar surface area (TPSA) is 51.0 Å². The van der Waals surface area contributed by atoms with Crippen LogP contribution in [-0.4, -0.2) is 29.4 Å². The molecule has 0 spiro atoms. The molecule has 1 heterocycles. The highest BCUT2D eigenvalue weighted by molar-refractivity contribution is 4.95. The number of alkyl halides is 3. The highest BCUT2D eigenvalue weighted by Gasteiger charge is 2.32. The molecule has 1 aromatic heterocycles. The maximum Gasteiger partial charge on any atom is 0.389 e. The van der Waals surface area contributed by atoms with E-state index < -0.39 is 12.6 Å². The number of nitrogens with one attached hydrogen (secondary N) is 1. The average Bonchev–Trinajstić information content (AvgIpc) is 3.03. The zero-order valence-electron chi connectivity index (χ0n) is 10.1. The smallest absolute Gasteiger partial charge is 0.339 e. The Hall–Kier alpha value is -1.11. The van der Waals surface area contributed by atoms with Crippen LogP contribution >= 0.6 is 0 Å². The summed E-state index contributed by atoms with van der Waals surface area (Å²) in [5.74, 6) is 1.17. The van der Waals surface area contributed by atoms with Gasteiger partial charge in [-0.2, -0.15) is 18.2 Å². The summed E-state index contributed by atoms with van der Waals surface area (Å²) in [6.07, 6.45) is -2.37. The van der Waals surface area contributed by atoms with E-state index in [1.807, 2.05) is 7.05 Å². The Balaban J connectivity index is 1.85. The summed E-state index contributed by atoms with van der Waals surface area (Å²) >= 11 is 0. The molecule has 18 heavy (non-hydrogen) atoms. The molecule has 1 aromatic rings. The zero-order valence-corrected chi connectivity index (χ0v) is 10.1. The monoisotopic (exact) mass is 263 g/mol. The Labute approximate surface area is 103 Å². The number of likely N-dealkylation sites (N-methyl/N-ethyl adjacent to an activating group) is 1. The molecule has 4 nitrogen and oxygen atoms in total. The largest absolute Gasteiger partial charge is 0.389 e. The third-order valence-electron chi connectivity index (χ3n) is 3.10. The Bertz CT molecular complexity index is 387. The van der Waals surface area contributed by atoms with Crippen molar-refractivity contribution in [3.8, 4) is 0 Å². The first-order chi connectivity index (χ1) is 8.48. The highest BCUT2D eigenvalue weighted by atomic mass is 19.4. The number of aromatic nitrogens is 2. The van der Waals surface area contributed by atoms with E-state index in [1.165, 1.54) is 12.8 Å². The van der Waals surface area contributed by atoms with Crippen LogP contribution in [-0.2, 0) is 12.8 Å². The lowest BCUT2D eigenvalue weighted by Crippen LogP contribution is -2.29. The number of hydrogen-bond donors (Lipinski definition) is 1. The standard InChI is InChI=1S/C11H16F3N3O/c1-15-8(7-2-3-7)6-10-16-9(17-18-10)4-5-11(12,13)14/h7-8,15H,2-6H2,1H3. The minimum absolute atomic E-state index is 0.132. The Morgan fingerprint density at radius 3 is 2.72 bits per heavy atom. The van der Waals surface area contributed by atoms with Crippen LogP contribution in [0.4, 0.5) is 13.2 Å². The lowest BCUT2D eigenvalue weighted by molar-refractivity contribution is -0.134. The van der Waals surface area contributed by atoms with Gasteiger partial charge in [-0.05, 0) is 25.8 Å². The van der Waals surface area contributed by atoms with Crippen molar-refractivity contribution in [3.63, 3.8) is 0 Å². The van der Waals surface area contributed by atoms with Crippen LogP contribution in [0.15, 0.2) is 4.52 Å².